The van der Waals surface area contributed by atoms with Crippen LogP contribution < -0.4 is 5.73 Å². The monoisotopic (exact) mass is 330 g/mol. The minimum atomic E-state index is -0.403. The number of benzene rings is 1. The molecule has 1 heterocycles. The molecule has 3 N–H and O–H groups in total. The van der Waals surface area contributed by atoms with Crippen molar-refractivity contribution in [3.05, 3.63) is 35.4 Å². The highest BCUT2D eigenvalue weighted by molar-refractivity contribution is 5.92. The van der Waals surface area contributed by atoms with Gasteiger partial charge in [-0.2, -0.15) is 0 Å². The Morgan fingerprint density at radius 3 is 2.62 bits per heavy atom. The predicted molar refractivity (Wildman–Crippen MR) is 91.3 cm³/mol. The third-order valence-electron chi connectivity index (χ3n) is 5.38. The van der Waals surface area contributed by atoms with Crippen LogP contribution in [0.5, 0.6) is 0 Å². The fraction of sp³-hybridized carbons (Fsp3) is 0.579. The van der Waals surface area contributed by atoms with E-state index >= 15 is 0 Å². The Morgan fingerprint density at radius 1 is 1.17 bits per heavy atom. The number of aliphatic hydroxyl groups excluding tert-OH is 1. The van der Waals surface area contributed by atoms with E-state index in [2.05, 4.69) is 0 Å². The van der Waals surface area contributed by atoms with Gasteiger partial charge in [-0.1, -0.05) is 12.1 Å². The molecule has 1 aromatic rings. The first-order valence-electron chi connectivity index (χ1n) is 8.88. The highest BCUT2D eigenvalue weighted by Gasteiger charge is 2.32. The van der Waals surface area contributed by atoms with Crippen LogP contribution in [0.1, 0.15) is 48.0 Å². The van der Waals surface area contributed by atoms with Gasteiger partial charge < -0.3 is 15.7 Å². The van der Waals surface area contributed by atoms with Gasteiger partial charge in [0.05, 0.1) is 6.10 Å². The summed E-state index contributed by atoms with van der Waals surface area (Å²) in [5.41, 5.74) is 6.98. The number of nitrogens with two attached hydrogens (primary N) is 1. The molecule has 1 aliphatic carbocycles. The van der Waals surface area contributed by atoms with Crippen LogP contribution in [0, 0.1) is 11.8 Å². The van der Waals surface area contributed by atoms with Crippen molar-refractivity contribution in [2.24, 2.45) is 17.6 Å². The summed E-state index contributed by atoms with van der Waals surface area (Å²) in [6.45, 7) is 1.61. The van der Waals surface area contributed by atoms with Crippen molar-refractivity contribution in [3.63, 3.8) is 0 Å². The van der Waals surface area contributed by atoms with Gasteiger partial charge in [0, 0.05) is 24.6 Å². The molecule has 1 aromatic carbocycles. The van der Waals surface area contributed by atoms with E-state index in [1.807, 2.05) is 23.1 Å². The number of nitrogens with zero attached hydrogens (tertiary/aromatic N) is 1. The van der Waals surface area contributed by atoms with Crippen LogP contribution in [0.15, 0.2) is 24.3 Å². The number of hydrogen-bond acceptors (Lipinski definition) is 3. The molecule has 130 valence electrons. The van der Waals surface area contributed by atoms with Crippen LogP contribution in [0.4, 0.5) is 0 Å². The number of carbonyl (C=O) groups excluding carboxylic acids is 2. The molecule has 24 heavy (non-hydrogen) atoms. The average Bonchev–Trinajstić information content (AvgIpc) is 3.03. The first kappa shape index (κ1) is 17.0. The van der Waals surface area contributed by atoms with Crippen molar-refractivity contribution in [1.82, 2.24) is 4.90 Å². The number of primary amides is 1. The fourth-order valence-corrected chi connectivity index (χ4v) is 3.97. The Hall–Kier alpha value is -1.88. The zero-order valence-electron chi connectivity index (χ0n) is 14.0. The van der Waals surface area contributed by atoms with Crippen molar-refractivity contribution in [3.8, 4) is 0 Å². The quantitative estimate of drug-likeness (QED) is 0.882. The Kier molecular flexibility index (Phi) is 5.19. The normalized spacial score (nSPS) is 27.2. The van der Waals surface area contributed by atoms with E-state index < -0.39 is 5.91 Å². The number of carbonyl (C=O) groups is 2. The molecule has 2 amide bonds. The molecule has 1 aliphatic heterocycles. The van der Waals surface area contributed by atoms with Crippen LogP contribution in [-0.4, -0.2) is 41.0 Å². The molecular formula is C19H26N2O3. The number of aliphatic hydroxyl groups is 1. The molecule has 1 atom stereocenters. The lowest BCUT2D eigenvalue weighted by atomic mass is 9.86. The molecule has 0 spiro atoms. The molecule has 2 aliphatic rings. The molecule has 0 unspecified atom stereocenters. The lowest BCUT2D eigenvalue weighted by Crippen LogP contribution is -2.37. The molecule has 5 heteroatoms. The van der Waals surface area contributed by atoms with Gasteiger partial charge in [-0.3, -0.25) is 9.59 Å². The fourth-order valence-electron chi connectivity index (χ4n) is 3.97. The lowest BCUT2D eigenvalue weighted by molar-refractivity contribution is -0.136. The van der Waals surface area contributed by atoms with Crippen molar-refractivity contribution in [1.29, 1.82) is 0 Å². The van der Waals surface area contributed by atoms with Crippen LogP contribution in [0.3, 0.4) is 0 Å². The largest absolute Gasteiger partial charge is 0.393 e. The highest BCUT2D eigenvalue weighted by atomic mass is 16.3. The minimum Gasteiger partial charge on any atom is -0.393 e. The molecule has 0 aromatic heterocycles. The predicted octanol–water partition coefficient (Wildman–Crippen LogP) is 1.73. The summed E-state index contributed by atoms with van der Waals surface area (Å²) >= 11 is 0. The van der Waals surface area contributed by atoms with Gasteiger partial charge in [0.1, 0.15) is 0 Å². The smallest absolute Gasteiger partial charge is 0.248 e. The van der Waals surface area contributed by atoms with E-state index in [0.717, 1.165) is 57.2 Å². The van der Waals surface area contributed by atoms with E-state index in [-0.39, 0.29) is 17.9 Å². The molecule has 2 fully saturated rings. The van der Waals surface area contributed by atoms with Gasteiger partial charge in [-0.15, -0.1) is 0 Å². The standard InChI is InChI=1S/C19H26N2O3/c20-18(23)16-3-1-2-13(11-16)10-14-8-9-21(12-14)19(24)15-4-6-17(22)7-5-15/h1-3,11,14-15,17,22H,4-10,12H2,(H2,20,23)/t14-,15?,17?/m1/s1. The minimum absolute atomic E-state index is 0.0883. The summed E-state index contributed by atoms with van der Waals surface area (Å²) in [6.07, 6.45) is 4.75. The second-order valence-electron chi connectivity index (χ2n) is 7.21. The zero-order chi connectivity index (χ0) is 17.1. The van der Waals surface area contributed by atoms with Gasteiger partial charge >= 0.3 is 0 Å². The van der Waals surface area contributed by atoms with Crippen molar-refractivity contribution >= 4 is 11.8 Å². The van der Waals surface area contributed by atoms with E-state index in [1.54, 1.807) is 6.07 Å². The van der Waals surface area contributed by atoms with Gasteiger partial charge in [0.15, 0.2) is 0 Å². The molecule has 3 rings (SSSR count). The van der Waals surface area contributed by atoms with E-state index in [1.165, 1.54) is 0 Å². The number of hydrogen-bond donors (Lipinski definition) is 2. The average molecular weight is 330 g/mol. The third-order valence-corrected chi connectivity index (χ3v) is 5.38. The van der Waals surface area contributed by atoms with Gasteiger partial charge in [-0.05, 0) is 62.1 Å². The second-order valence-corrected chi connectivity index (χ2v) is 7.21. The van der Waals surface area contributed by atoms with Crippen LogP contribution in [0.2, 0.25) is 0 Å². The summed E-state index contributed by atoms with van der Waals surface area (Å²) in [6, 6.07) is 7.46. The number of likely N-dealkylation sites (tertiary alicyclic amines) is 1. The van der Waals surface area contributed by atoms with Crippen molar-refractivity contribution < 1.29 is 14.7 Å². The van der Waals surface area contributed by atoms with Crippen LogP contribution in [0.25, 0.3) is 0 Å². The maximum atomic E-state index is 12.6. The molecule has 0 bridgehead atoms. The molecule has 5 nitrogen and oxygen atoms in total. The lowest BCUT2D eigenvalue weighted by Gasteiger charge is -2.28. The first-order valence-corrected chi connectivity index (χ1v) is 8.88. The maximum absolute atomic E-state index is 12.6. The van der Waals surface area contributed by atoms with Crippen LogP contribution >= 0.6 is 0 Å². The first-order chi connectivity index (χ1) is 11.5. The summed E-state index contributed by atoms with van der Waals surface area (Å²) in [5, 5.41) is 9.58. The van der Waals surface area contributed by atoms with E-state index in [0.29, 0.717) is 11.5 Å². The number of amides is 2. The SMILES string of the molecule is NC(=O)c1cccc(C[C@H]2CCN(C(=O)C3CCC(O)CC3)C2)c1. The van der Waals surface area contributed by atoms with Gasteiger partial charge in [-0.25, -0.2) is 0 Å². The van der Waals surface area contributed by atoms with Crippen LogP contribution in [-0.2, 0) is 11.2 Å². The van der Waals surface area contributed by atoms with E-state index in [4.69, 9.17) is 5.73 Å². The van der Waals surface area contributed by atoms with Gasteiger partial charge in [0.25, 0.3) is 0 Å². The Balaban J connectivity index is 1.54. The van der Waals surface area contributed by atoms with E-state index in [9.17, 15) is 14.7 Å². The van der Waals surface area contributed by atoms with Gasteiger partial charge in [0.2, 0.25) is 11.8 Å². The Labute approximate surface area is 142 Å². The number of rotatable bonds is 4. The Morgan fingerprint density at radius 2 is 1.92 bits per heavy atom. The van der Waals surface area contributed by atoms with Crippen molar-refractivity contribution in [2.75, 3.05) is 13.1 Å². The molecular weight excluding hydrogens is 304 g/mol. The molecule has 1 saturated carbocycles. The Bertz CT molecular complexity index is 608. The van der Waals surface area contributed by atoms with Crippen molar-refractivity contribution in [2.45, 2.75) is 44.6 Å². The molecule has 1 saturated heterocycles. The third kappa shape index (κ3) is 3.96. The second kappa shape index (κ2) is 7.34. The summed E-state index contributed by atoms with van der Waals surface area (Å²) < 4.78 is 0. The summed E-state index contributed by atoms with van der Waals surface area (Å²) in [7, 11) is 0. The highest BCUT2D eigenvalue weighted by Crippen LogP contribution is 2.29. The topological polar surface area (TPSA) is 83.6 Å². The molecule has 0 radical (unpaired) electrons. The summed E-state index contributed by atoms with van der Waals surface area (Å²) in [5.74, 6) is 0.381. The summed E-state index contributed by atoms with van der Waals surface area (Å²) in [4.78, 5) is 25.9. The maximum Gasteiger partial charge on any atom is 0.248 e. The zero-order valence-corrected chi connectivity index (χ0v) is 14.0.